The molecule has 0 radical (unpaired) electrons. The largest absolute Gasteiger partial charge is 0.338 e. The van der Waals surface area contributed by atoms with Gasteiger partial charge in [-0.1, -0.05) is 28.9 Å². The molecule has 7 nitrogen and oxygen atoms in total. The molecule has 3 rings (SSSR count). The van der Waals surface area contributed by atoms with Gasteiger partial charge >= 0.3 is 0 Å². The highest BCUT2D eigenvalue weighted by Crippen LogP contribution is 2.17. The van der Waals surface area contributed by atoms with Crippen molar-refractivity contribution < 1.29 is 4.52 Å². The number of nitrogens with zero attached hydrogens (tertiary/aromatic N) is 5. The van der Waals surface area contributed by atoms with Gasteiger partial charge in [0.25, 0.3) is 0 Å². The van der Waals surface area contributed by atoms with Crippen molar-refractivity contribution in [1.82, 2.24) is 24.8 Å². The van der Waals surface area contributed by atoms with Crippen LogP contribution < -0.4 is 5.73 Å². The third-order valence-electron chi connectivity index (χ3n) is 3.89. The van der Waals surface area contributed by atoms with E-state index in [4.69, 9.17) is 21.9 Å². The maximum absolute atomic E-state index is 6.04. The van der Waals surface area contributed by atoms with Crippen LogP contribution in [0, 0.1) is 0 Å². The molecule has 0 aliphatic carbocycles. The van der Waals surface area contributed by atoms with Gasteiger partial charge in [0.2, 0.25) is 5.89 Å². The summed E-state index contributed by atoms with van der Waals surface area (Å²) in [4.78, 5) is 6.65. The van der Waals surface area contributed by atoms with Gasteiger partial charge in [-0.25, -0.2) is 0 Å². The summed E-state index contributed by atoms with van der Waals surface area (Å²) < 4.78 is 7.19. The Hall–Kier alpha value is -2.22. The molecule has 0 bridgehead atoms. The first kappa shape index (κ1) is 18.6. The van der Waals surface area contributed by atoms with Gasteiger partial charge in [-0.05, 0) is 31.5 Å². The number of hydrogen-bond acceptors (Lipinski definition) is 6. The van der Waals surface area contributed by atoms with Crippen LogP contribution in [0.1, 0.15) is 36.7 Å². The van der Waals surface area contributed by atoms with Crippen molar-refractivity contribution in [2.24, 2.45) is 12.8 Å². The Morgan fingerprint density at radius 2 is 1.85 bits per heavy atom. The lowest BCUT2D eigenvalue weighted by Crippen LogP contribution is -2.30. The van der Waals surface area contributed by atoms with E-state index in [0.717, 1.165) is 22.7 Å². The van der Waals surface area contributed by atoms with Crippen LogP contribution in [0.2, 0.25) is 5.02 Å². The molecule has 0 atom stereocenters. The van der Waals surface area contributed by atoms with Gasteiger partial charge in [-0.15, -0.1) is 0 Å². The molecule has 2 aromatic heterocycles. The van der Waals surface area contributed by atoms with Gasteiger partial charge in [-0.2, -0.15) is 10.1 Å². The van der Waals surface area contributed by atoms with E-state index in [1.54, 1.807) is 4.68 Å². The van der Waals surface area contributed by atoms with Crippen molar-refractivity contribution in [2.75, 3.05) is 0 Å². The van der Waals surface area contributed by atoms with Crippen LogP contribution in [-0.4, -0.2) is 24.8 Å². The van der Waals surface area contributed by atoms with Crippen molar-refractivity contribution in [3.05, 3.63) is 64.5 Å². The number of rotatable bonds is 7. The zero-order valence-corrected chi connectivity index (χ0v) is 15.9. The lowest BCUT2D eigenvalue weighted by atomic mass is 10.1. The molecular weight excluding hydrogens is 352 g/mol. The second-order valence-corrected chi connectivity index (χ2v) is 7.46. The van der Waals surface area contributed by atoms with E-state index < -0.39 is 5.54 Å². The Labute approximate surface area is 157 Å². The Bertz CT molecular complexity index is 849. The molecule has 0 saturated heterocycles. The smallest absolute Gasteiger partial charge is 0.240 e. The maximum atomic E-state index is 6.04. The number of halogens is 1. The van der Waals surface area contributed by atoms with Gasteiger partial charge in [0.1, 0.15) is 0 Å². The van der Waals surface area contributed by atoms with Gasteiger partial charge in [0.05, 0.1) is 18.3 Å². The van der Waals surface area contributed by atoms with Crippen LogP contribution in [0.5, 0.6) is 0 Å². The molecule has 0 aliphatic heterocycles. The Balaban J connectivity index is 1.77. The summed E-state index contributed by atoms with van der Waals surface area (Å²) in [7, 11) is 1.90. The average molecular weight is 375 g/mol. The fraction of sp³-hybridized carbons (Fsp3) is 0.389. The molecule has 1 aromatic carbocycles. The second-order valence-electron chi connectivity index (χ2n) is 7.03. The lowest BCUT2D eigenvalue weighted by molar-refractivity contribution is 0.210. The Morgan fingerprint density at radius 3 is 2.42 bits per heavy atom. The summed E-state index contributed by atoms with van der Waals surface area (Å²) in [6.07, 6.45) is 3.86. The van der Waals surface area contributed by atoms with Crippen molar-refractivity contribution in [3.63, 3.8) is 0 Å². The zero-order chi connectivity index (χ0) is 18.7. The summed E-state index contributed by atoms with van der Waals surface area (Å²) >= 11 is 5.99. The van der Waals surface area contributed by atoms with Crippen molar-refractivity contribution in [2.45, 2.75) is 39.0 Å². The first-order chi connectivity index (χ1) is 12.3. The highest BCUT2D eigenvalue weighted by molar-refractivity contribution is 6.30. The summed E-state index contributed by atoms with van der Waals surface area (Å²) in [6, 6.07) is 7.81. The van der Waals surface area contributed by atoms with Crippen LogP contribution in [0.4, 0.5) is 0 Å². The number of aryl methyl sites for hydroxylation is 1. The van der Waals surface area contributed by atoms with Crippen molar-refractivity contribution in [3.8, 4) is 0 Å². The molecule has 2 heterocycles. The average Bonchev–Trinajstić information content (AvgIpc) is 3.18. The zero-order valence-electron chi connectivity index (χ0n) is 15.2. The number of nitrogens with two attached hydrogens (primary N) is 1. The molecule has 2 N–H and O–H groups in total. The van der Waals surface area contributed by atoms with E-state index in [1.807, 2.05) is 57.6 Å². The topological polar surface area (TPSA) is 86.0 Å². The van der Waals surface area contributed by atoms with E-state index in [0.29, 0.717) is 24.8 Å². The molecule has 26 heavy (non-hydrogen) atoms. The van der Waals surface area contributed by atoms with Crippen LogP contribution >= 0.6 is 11.6 Å². The predicted molar refractivity (Wildman–Crippen MR) is 99.1 cm³/mol. The molecule has 8 heteroatoms. The minimum Gasteiger partial charge on any atom is -0.338 e. The maximum Gasteiger partial charge on any atom is 0.240 e. The predicted octanol–water partition coefficient (Wildman–Crippen LogP) is 2.85. The fourth-order valence-corrected chi connectivity index (χ4v) is 2.73. The Morgan fingerprint density at radius 1 is 1.15 bits per heavy atom. The molecule has 138 valence electrons. The summed E-state index contributed by atoms with van der Waals surface area (Å²) in [5.41, 5.74) is 7.67. The molecule has 0 fully saturated rings. The molecule has 0 amide bonds. The second kappa shape index (κ2) is 7.57. The van der Waals surface area contributed by atoms with Crippen LogP contribution in [0.25, 0.3) is 0 Å². The molecule has 0 spiro atoms. The monoisotopic (exact) mass is 374 g/mol. The molecule has 0 unspecified atom stereocenters. The normalized spacial score (nSPS) is 12.1. The molecule has 3 aromatic rings. The molecule has 0 saturated carbocycles. The van der Waals surface area contributed by atoms with Gasteiger partial charge in [0, 0.05) is 36.9 Å². The van der Waals surface area contributed by atoms with Crippen LogP contribution in [0.3, 0.4) is 0 Å². The van der Waals surface area contributed by atoms with E-state index in [1.165, 1.54) is 0 Å². The molecular formula is C18H23ClN6O. The summed E-state index contributed by atoms with van der Waals surface area (Å²) in [5, 5.41) is 8.96. The van der Waals surface area contributed by atoms with Gasteiger partial charge in [-0.3, -0.25) is 9.58 Å². The lowest BCUT2D eigenvalue weighted by Gasteiger charge is -2.20. The highest BCUT2D eigenvalue weighted by Gasteiger charge is 2.22. The van der Waals surface area contributed by atoms with Crippen LogP contribution in [-0.2, 0) is 32.2 Å². The SMILES string of the molecule is Cn1cc(CN(Cc2ccc(Cl)cc2)Cc2nc(C(C)(C)N)no2)cn1. The Kier molecular flexibility index (Phi) is 5.41. The minimum atomic E-state index is -0.633. The number of aromatic nitrogens is 4. The first-order valence-electron chi connectivity index (χ1n) is 8.36. The number of hydrogen-bond donors (Lipinski definition) is 1. The third-order valence-corrected chi connectivity index (χ3v) is 4.14. The van der Waals surface area contributed by atoms with Gasteiger partial charge in [0.15, 0.2) is 5.82 Å². The number of benzene rings is 1. The third kappa shape index (κ3) is 4.91. The van der Waals surface area contributed by atoms with E-state index in [-0.39, 0.29) is 0 Å². The first-order valence-corrected chi connectivity index (χ1v) is 8.73. The fourth-order valence-electron chi connectivity index (χ4n) is 2.60. The van der Waals surface area contributed by atoms with E-state index in [9.17, 15) is 0 Å². The van der Waals surface area contributed by atoms with Crippen molar-refractivity contribution in [1.29, 1.82) is 0 Å². The van der Waals surface area contributed by atoms with Crippen molar-refractivity contribution >= 4 is 11.6 Å². The highest BCUT2D eigenvalue weighted by atomic mass is 35.5. The van der Waals surface area contributed by atoms with Crippen LogP contribution in [0.15, 0.2) is 41.2 Å². The quantitative estimate of drug-likeness (QED) is 0.684. The minimum absolute atomic E-state index is 0.500. The van der Waals surface area contributed by atoms with E-state index >= 15 is 0 Å². The summed E-state index contributed by atoms with van der Waals surface area (Å²) in [5.74, 6) is 1.04. The summed E-state index contributed by atoms with van der Waals surface area (Å²) in [6.45, 7) is 5.64. The van der Waals surface area contributed by atoms with Gasteiger partial charge < -0.3 is 10.3 Å². The molecule has 0 aliphatic rings. The standard InChI is InChI=1S/C18H23ClN6O/c1-18(2,20)17-22-16(26-23-17)12-25(11-14-8-21-24(3)9-14)10-13-4-6-15(19)7-5-13/h4-9H,10-12,20H2,1-3H3. The van der Waals surface area contributed by atoms with E-state index in [2.05, 4.69) is 20.1 Å².